The van der Waals surface area contributed by atoms with Crippen molar-refractivity contribution < 1.29 is 14.3 Å². The number of benzene rings is 1. The molecule has 0 unspecified atom stereocenters. The molecule has 0 saturated carbocycles. The van der Waals surface area contributed by atoms with Gasteiger partial charge in [0.2, 0.25) is 0 Å². The lowest BCUT2D eigenvalue weighted by molar-refractivity contribution is -0.137. The summed E-state index contributed by atoms with van der Waals surface area (Å²) in [5.41, 5.74) is 3.54. The van der Waals surface area contributed by atoms with Gasteiger partial charge in [0.15, 0.2) is 6.61 Å². The number of likely N-dealkylation sites (tertiary alicyclic amines) is 1. The molecule has 24 heavy (non-hydrogen) atoms. The van der Waals surface area contributed by atoms with E-state index in [1.165, 1.54) is 0 Å². The number of ether oxygens (including phenoxy) is 1. The minimum Gasteiger partial charge on any atom is -0.451 e. The molecule has 0 spiro atoms. The molecule has 1 atom stereocenters. The van der Waals surface area contributed by atoms with Crippen molar-refractivity contribution in [1.29, 1.82) is 0 Å². The Labute approximate surface area is 142 Å². The normalized spacial score (nSPS) is 18.0. The third-order valence-electron chi connectivity index (χ3n) is 4.76. The average Bonchev–Trinajstić information content (AvgIpc) is 2.97. The molecule has 128 valence electrons. The van der Waals surface area contributed by atoms with Crippen LogP contribution in [0.5, 0.6) is 0 Å². The van der Waals surface area contributed by atoms with E-state index < -0.39 is 5.97 Å². The monoisotopic (exact) mass is 328 g/mol. The third kappa shape index (κ3) is 3.30. The molecule has 1 fully saturated rings. The van der Waals surface area contributed by atoms with Gasteiger partial charge in [-0.2, -0.15) is 0 Å². The Kier molecular flexibility index (Phi) is 4.60. The highest BCUT2D eigenvalue weighted by atomic mass is 16.5. The zero-order chi connectivity index (χ0) is 17.3. The van der Waals surface area contributed by atoms with Gasteiger partial charge in [0.25, 0.3) is 5.91 Å². The van der Waals surface area contributed by atoms with Crippen molar-refractivity contribution in [2.45, 2.75) is 46.1 Å². The maximum absolute atomic E-state index is 12.3. The minimum absolute atomic E-state index is 0.112. The van der Waals surface area contributed by atoms with Gasteiger partial charge in [-0.25, -0.2) is 4.79 Å². The van der Waals surface area contributed by atoms with Crippen LogP contribution in [0.15, 0.2) is 18.2 Å². The van der Waals surface area contributed by atoms with Crippen LogP contribution in [-0.2, 0) is 9.53 Å². The summed E-state index contributed by atoms with van der Waals surface area (Å²) in [6.07, 6.45) is 3.18. The molecule has 5 nitrogen and oxygen atoms in total. The molecule has 1 aliphatic rings. The lowest BCUT2D eigenvalue weighted by Gasteiger charge is -2.33. The second-order valence-corrected chi connectivity index (χ2v) is 6.73. The number of aryl methyl sites for hydroxylation is 2. The first kappa shape index (κ1) is 16.6. The van der Waals surface area contributed by atoms with Crippen LogP contribution in [0.3, 0.4) is 0 Å². The first-order valence-electron chi connectivity index (χ1n) is 8.52. The van der Waals surface area contributed by atoms with E-state index >= 15 is 0 Å². The van der Waals surface area contributed by atoms with Crippen LogP contribution in [0.1, 0.15) is 47.8 Å². The van der Waals surface area contributed by atoms with E-state index in [2.05, 4.69) is 11.1 Å². The number of rotatable bonds is 3. The highest BCUT2D eigenvalue weighted by Gasteiger charge is 2.24. The molecule has 1 amide bonds. The number of carbonyl (C=O) groups is 2. The summed E-state index contributed by atoms with van der Waals surface area (Å²) >= 11 is 0. The van der Waals surface area contributed by atoms with E-state index in [9.17, 15) is 9.59 Å². The standard InChI is InChI=1S/C19H24N2O3/c1-12-8-13(2)15-10-17(20-16(15)9-12)19(23)24-11-18(22)21-7-5-4-6-14(21)3/h8-10,14,20H,4-7,11H2,1-3H3/t14-/m1/s1. The summed E-state index contributed by atoms with van der Waals surface area (Å²) < 4.78 is 5.23. The smallest absolute Gasteiger partial charge is 0.355 e. The van der Waals surface area contributed by atoms with Gasteiger partial charge in [0.1, 0.15) is 5.69 Å². The molecule has 5 heteroatoms. The van der Waals surface area contributed by atoms with Crippen LogP contribution >= 0.6 is 0 Å². The van der Waals surface area contributed by atoms with E-state index in [1.54, 1.807) is 6.07 Å². The summed E-state index contributed by atoms with van der Waals surface area (Å²) in [5.74, 6) is -0.597. The Hall–Kier alpha value is -2.30. The summed E-state index contributed by atoms with van der Waals surface area (Å²) in [7, 11) is 0. The number of hydrogen-bond donors (Lipinski definition) is 1. The zero-order valence-corrected chi connectivity index (χ0v) is 14.5. The fourth-order valence-corrected chi connectivity index (χ4v) is 3.47. The van der Waals surface area contributed by atoms with Gasteiger partial charge in [-0.05, 0) is 63.3 Å². The molecular weight excluding hydrogens is 304 g/mol. The number of carbonyl (C=O) groups excluding carboxylic acids is 2. The van der Waals surface area contributed by atoms with E-state index in [0.29, 0.717) is 5.69 Å². The second kappa shape index (κ2) is 6.67. The van der Waals surface area contributed by atoms with E-state index in [0.717, 1.165) is 47.8 Å². The molecular formula is C19H24N2O3. The van der Waals surface area contributed by atoms with Crippen molar-refractivity contribution in [2.24, 2.45) is 0 Å². The number of aromatic nitrogens is 1. The van der Waals surface area contributed by atoms with Crippen LogP contribution in [0, 0.1) is 13.8 Å². The molecule has 1 N–H and O–H groups in total. The highest BCUT2D eigenvalue weighted by molar-refractivity contribution is 5.97. The topological polar surface area (TPSA) is 62.4 Å². The Morgan fingerprint density at radius 2 is 2.04 bits per heavy atom. The minimum atomic E-state index is -0.485. The summed E-state index contributed by atoms with van der Waals surface area (Å²) in [4.78, 5) is 29.4. The first-order chi connectivity index (χ1) is 11.5. The molecule has 3 rings (SSSR count). The van der Waals surface area contributed by atoms with E-state index in [1.807, 2.05) is 31.7 Å². The van der Waals surface area contributed by atoms with Crippen molar-refractivity contribution in [3.05, 3.63) is 35.0 Å². The van der Waals surface area contributed by atoms with Crippen LogP contribution < -0.4 is 0 Å². The molecule has 1 aliphatic heterocycles. The number of piperidine rings is 1. The van der Waals surface area contributed by atoms with Gasteiger partial charge in [-0.3, -0.25) is 4.79 Å². The van der Waals surface area contributed by atoms with Crippen molar-refractivity contribution in [3.8, 4) is 0 Å². The number of hydrogen-bond acceptors (Lipinski definition) is 3. The molecule has 1 aromatic heterocycles. The Bertz CT molecular complexity index is 778. The van der Waals surface area contributed by atoms with Gasteiger partial charge in [0.05, 0.1) is 0 Å². The second-order valence-electron chi connectivity index (χ2n) is 6.73. The largest absolute Gasteiger partial charge is 0.451 e. The summed E-state index contributed by atoms with van der Waals surface area (Å²) in [6, 6.07) is 6.09. The first-order valence-corrected chi connectivity index (χ1v) is 8.52. The number of fused-ring (bicyclic) bond motifs is 1. The number of H-pyrrole nitrogens is 1. The Morgan fingerprint density at radius 1 is 1.25 bits per heavy atom. The molecule has 1 saturated heterocycles. The van der Waals surface area contributed by atoms with Crippen molar-refractivity contribution >= 4 is 22.8 Å². The molecule has 1 aromatic carbocycles. The van der Waals surface area contributed by atoms with Gasteiger partial charge in [-0.1, -0.05) is 6.07 Å². The third-order valence-corrected chi connectivity index (χ3v) is 4.76. The number of aromatic amines is 1. The fraction of sp³-hybridized carbons (Fsp3) is 0.474. The predicted octanol–water partition coefficient (Wildman–Crippen LogP) is 3.34. The fourth-order valence-electron chi connectivity index (χ4n) is 3.47. The van der Waals surface area contributed by atoms with Gasteiger partial charge < -0.3 is 14.6 Å². The van der Waals surface area contributed by atoms with Crippen LogP contribution in [0.25, 0.3) is 10.9 Å². The van der Waals surface area contributed by atoms with Crippen molar-refractivity contribution in [1.82, 2.24) is 9.88 Å². The van der Waals surface area contributed by atoms with Crippen LogP contribution in [-0.4, -0.2) is 41.0 Å². The van der Waals surface area contributed by atoms with Crippen molar-refractivity contribution in [2.75, 3.05) is 13.2 Å². The molecule has 2 aromatic rings. The van der Waals surface area contributed by atoms with Crippen LogP contribution in [0.4, 0.5) is 0 Å². The molecule has 0 radical (unpaired) electrons. The lowest BCUT2D eigenvalue weighted by Crippen LogP contribution is -2.44. The Morgan fingerprint density at radius 3 is 2.79 bits per heavy atom. The lowest BCUT2D eigenvalue weighted by atomic mass is 10.0. The van der Waals surface area contributed by atoms with E-state index in [4.69, 9.17) is 4.74 Å². The quantitative estimate of drug-likeness (QED) is 0.879. The molecule has 0 aliphatic carbocycles. The number of amides is 1. The highest BCUT2D eigenvalue weighted by Crippen LogP contribution is 2.22. The zero-order valence-electron chi connectivity index (χ0n) is 14.5. The van der Waals surface area contributed by atoms with Gasteiger partial charge in [-0.15, -0.1) is 0 Å². The molecule has 2 heterocycles. The SMILES string of the molecule is Cc1cc(C)c2cc(C(=O)OCC(=O)N3CCCC[C@H]3C)[nH]c2c1. The van der Waals surface area contributed by atoms with Gasteiger partial charge in [0, 0.05) is 23.5 Å². The average molecular weight is 328 g/mol. The summed E-state index contributed by atoms with van der Waals surface area (Å²) in [5, 5.41) is 1.00. The molecule has 0 bridgehead atoms. The van der Waals surface area contributed by atoms with Crippen LogP contribution in [0.2, 0.25) is 0 Å². The number of nitrogens with zero attached hydrogens (tertiary/aromatic N) is 1. The maximum Gasteiger partial charge on any atom is 0.355 e. The predicted molar refractivity (Wildman–Crippen MR) is 93.1 cm³/mol. The number of esters is 1. The Balaban J connectivity index is 1.67. The van der Waals surface area contributed by atoms with E-state index in [-0.39, 0.29) is 18.6 Å². The number of nitrogens with one attached hydrogen (secondary N) is 1. The maximum atomic E-state index is 12.3. The van der Waals surface area contributed by atoms with Gasteiger partial charge >= 0.3 is 5.97 Å². The summed E-state index contributed by atoms with van der Waals surface area (Å²) in [6.45, 7) is 6.63. The van der Waals surface area contributed by atoms with Crippen molar-refractivity contribution in [3.63, 3.8) is 0 Å².